The Morgan fingerprint density at radius 2 is 0.682 bits per heavy atom. The number of aromatic nitrogens is 10. The molecule has 34 heteroatoms. The van der Waals surface area contributed by atoms with Crippen molar-refractivity contribution in [3.05, 3.63) is 303 Å². The van der Waals surface area contributed by atoms with Crippen LogP contribution in [0.3, 0.4) is 0 Å². The van der Waals surface area contributed by atoms with Gasteiger partial charge in [0.05, 0.1) is 17.1 Å². The number of hydrazine groups is 1. The third-order valence-corrected chi connectivity index (χ3v) is 20.7. The van der Waals surface area contributed by atoms with Crippen molar-refractivity contribution >= 4 is 122 Å². The average Bonchev–Trinajstić information content (AvgIpc) is 0.782. The van der Waals surface area contributed by atoms with Crippen molar-refractivity contribution in [2.45, 2.75) is 117 Å². The second kappa shape index (κ2) is 48.7. The Balaban J connectivity index is 0.000000211. The van der Waals surface area contributed by atoms with E-state index in [1.807, 2.05) is 12.1 Å². The van der Waals surface area contributed by atoms with Crippen LogP contribution in [-0.2, 0) is 43.5 Å². The molecule has 0 spiro atoms. The normalized spacial score (nSPS) is 14.3. The van der Waals surface area contributed by atoms with Crippen LogP contribution >= 0.6 is 35.6 Å². The van der Waals surface area contributed by atoms with Gasteiger partial charge in [-0.2, -0.15) is 9.91 Å². The number of rotatable bonds is 9. The first-order valence-electron chi connectivity index (χ1n) is 41.4. The first kappa shape index (κ1) is 105. The maximum atomic E-state index is 13.0. The smallest absolute Gasteiger partial charge is 0.662 e. The average molecular weight is 1860 g/mol. The van der Waals surface area contributed by atoms with Crippen LogP contribution in [-0.4, -0.2) is 172 Å². The molecule has 3 aliphatic heterocycles. The molecule has 0 radical (unpaired) electrons. The molecule has 17 rings (SSSR count). The SMILES string of the molecule is CC(C)(C)OC(=O)N(N)c1ccc(Cl)nn1.CN1Cc2cc(-c3ccc(N(C(=O)OC(C)(C)C)C(=O)OC(C)(C)C)nn3)ccc2C(c2ccc3ccccc3c2)C1.CN1Cc2cc(-c3ccc(N)nn3)ccc2C(c2ccc3ccccc3c2)C1.CN1Cc2cc(-c3ccc(N)nn3)ccc2C(c2ccc3ccccc3c2)C1.CO.CO.Cl.Nc1ccc(Cl)nn1.O=CO[O-].[Na+]. The van der Waals surface area contributed by atoms with Gasteiger partial charge < -0.3 is 66.5 Å². The van der Waals surface area contributed by atoms with Crippen LogP contribution in [0.5, 0.6) is 0 Å². The molecule has 132 heavy (non-hydrogen) atoms. The maximum absolute atomic E-state index is 13.0. The number of benzene rings is 9. The minimum absolute atomic E-state index is 0. The van der Waals surface area contributed by atoms with E-state index in [-0.39, 0.29) is 71.1 Å². The molecule has 10 N–H and O–H groups in total. The summed E-state index contributed by atoms with van der Waals surface area (Å²) < 4.78 is 16.0. The van der Waals surface area contributed by atoms with Gasteiger partial charge >= 0.3 is 47.8 Å². The zero-order valence-electron chi connectivity index (χ0n) is 76.4. The summed E-state index contributed by atoms with van der Waals surface area (Å²) in [5, 5.41) is 70.7. The largest absolute Gasteiger partial charge is 1.00 e. The second-order valence-electron chi connectivity index (χ2n) is 33.6. The van der Waals surface area contributed by atoms with Crippen LogP contribution in [0.4, 0.5) is 43.5 Å². The van der Waals surface area contributed by atoms with Gasteiger partial charge in [-0.3, -0.25) is 4.79 Å². The predicted molar refractivity (Wildman–Crippen MR) is 515 cm³/mol. The van der Waals surface area contributed by atoms with Crippen LogP contribution in [0.15, 0.2) is 243 Å². The Hall–Kier alpha value is -12.4. The summed E-state index contributed by atoms with van der Waals surface area (Å²) >= 11 is 10.9. The molecule has 30 nitrogen and oxygen atoms in total. The molecule has 684 valence electrons. The molecular formula is C98H109Cl3N19NaO11. The van der Waals surface area contributed by atoms with Gasteiger partial charge in [0.15, 0.2) is 21.9 Å². The summed E-state index contributed by atoms with van der Waals surface area (Å²) in [6.45, 7) is 21.1. The number of hydrogen-bond acceptors (Lipinski definition) is 28. The molecule has 0 fully saturated rings. The first-order valence-corrected chi connectivity index (χ1v) is 42.2. The van der Waals surface area contributed by atoms with E-state index in [2.05, 4.69) is 274 Å². The number of halogens is 3. The quantitative estimate of drug-likeness (QED) is 0.0149. The zero-order chi connectivity index (χ0) is 94.2. The number of amides is 3. The Kier molecular flexibility index (Phi) is 38.7. The summed E-state index contributed by atoms with van der Waals surface area (Å²) in [5.41, 5.74) is 31.8. The Morgan fingerprint density at radius 3 is 0.962 bits per heavy atom. The topological polar surface area (TPSA) is 418 Å². The molecule has 0 bridgehead atoms. The van der Waals surface area contributed by atoms with Gasteiger partial charge in [0.1, 0.15) is 34.3 Å². The number of aliphatic hydroxyl groups is 2. The number of ether oxygens (including phenoxy) is 3. The minimum Gasteiger partial charge on any atom is -0.662 e. The van der Waals surface area contributed by atoms with Gasteiger partial charge in [-0.25, -0.2) is 20.2 Å². The van der Waals surface area contributed by atoms with Gasteiger partial charge in [-0.1, -0.05) is 187 Å². The van der Waals surface area contributed by atoms with Crippen molar-refractivity contribution in [1.29, 1.82) is 0 Å². The Labute approximate surface area is 806 Å². The molecule has 14 aromatic rings. The Bertz CT molecular complexity index is 5910. The fourth-order valence-electron chi connectivity index (χ4n) is 14.8. The monoisotopic (exact) mass is 1860 g/mol. The molecule has 0 aliphatic carbocycles. The first-order chi connectivity index (χ1) is 62.1. The minimum atomic E-state index is -0.879. The third-order valence-electron chi connectivity index (χ3n) is 20.3. The van der Waals surface area contributed by atoms with Crippen molar-refractivity contribution in [1.82, 2.24) is 65.7 Å². The van der Waals surface area contributed by atoms with E-state index in [1.165, 1.54) is 94.5 Å². The van der Waals surface area contributed by atoms with E-state index >= 15 is 0 Å². The molecule has 0 saturated carbocycles. The summed E-state index contributed by atoms with van der Waals surface area (Å²) in [6, 6.07) is 82.6. The van der Waals surface area contributed by atoms with Gasteiger partial charge in [0.2, 0.25) is 0 Å². The van der Waals surface area contributed by atoms with Crippen molar-refractivity contribution in [2.75, 3.05) is 82.1 Å². The summed E-state index contributed by atoms with van der Waals surface area (Å²) in [6.07, 6.45) is -2.46. The predicted octanol–water partition coefficient (Wildman–Crippen LogP) is 14.0. The van der Waals surface area contributed by atoms with E-state index in [4.69, 9.17) is 80.7 Å². The number of hydrogen-bond donors (Lipinski definition) is 6. The number of carbonyl (C=O) groups is 4. The number of nitrogens with zero attached hydrogens (tertiary/aromatic N) is 15. The van der Waals surface area contributed by atoms with E-state index < -0.39 is 35.1 Å². The van der Waals surface area contributed by atoms with Gasteiger partial charge in [0, 0.05) is 87.9 Å². The molecule has 8 heterocycles. The summed E-state index contributed by atoms with van der Waals surface area (Å²) in [4.78, 5) is 56.6. The fourth-order valence-corrected chi connectivity index (χ4v) is 15.0. The number of nitrogen functional groups attached to an aromatic ring is 3. The van der Waals surface area contributed by atoms with Crippen LogP contribution in [0.1, 0.15) is 130 Å². The number of fused-ring (bicyclic) bond motifs is 6. The van der Waals surface area contributed by atoms with Crippen molar-refractivity contribution in [2.24, 2.45) is 5.84 Å². The molecule has 5 aromatic heterocycles. The van der Waals surface area contributed by atoms with Crippen LogP contribution in [0.2, 0.25) is 10.3 Å². The van der Waals surface area contributed by atoms with E-state index in [0.29, 0.717) is 40.1 Å². The van der Waals surface area contributed by atoms with E-state index in [9.17, 15) is 14.4 Å². The number of imide groups is 1. The number of nitrogens with two attached hydrogens (primary N) is 4. The molecular weight excluding hydrogens is 1750 g/mol. The van der Waals surface area contributed by atoms with Crippen LogP contribution < -0.4 is 67.8 Å². The van der Waals surface area contributed by atoms with Crippen molar-refractivity contribution < 1.29 is 83.3 Å². The van der Waals surface area contributed by atoms with Gasteiger partial charge in [0.25, 0.3) is 6.47 Å². The Morgan fingerprint density at radius 1 is 0.394 bits per heavy atom. The third kappa shape index (κ3) is 29.6. The maximum Gasteiger partial charge on any atom is 1.00 e. The molecule has 9 aromatic carbocycles. The second-order valence-corrected chi connectivity index (χ2v) is 34.4. The van der Waals surface area contributed by atoms with Crippen molar-refractivity contribution in [3.63, 3.8) is 0 Å². The van der Waals surface area contributed by atoms with Gasteiger partial charge in [-0.15, -0.1) is 63.4 Å². The number of carbonyl (C=O) groups excluding carboxylic acids is 4. The fraction of sp³-hybridized carbons (Fsp3) is 0.265. The number of likely N-dealkylation sites (N-methyl/N-ethyl adjacent to an activating group) is 3. The van der Waals surface area contributed by atoms with E-state index in [0.717, 1.165) is 91.5 Å². The van der Waals surface area contributed by atoms with Crippen LogP contribution in [0, 0.1) is 0 Å². The van der Waals surface area contributed by atoms with Gasteiger partial charge in [-0.05, 0) is 245 Å². The van der Waals surface area contributed by atoms with Crippen molar-refractivity contribution in [3.8, 4) is 33.8 Å². The van der Waals surface area contributed by atoms with Crippen LogP contribution in [0.25, 0.3) is 66.1 Å². The van der Waals surface area contributed by atoms with E-state index in [1.54, 1.807) is 98.7 Å². The standard InChI is InChI=1S/C34H38N4O4.2C24H22N4.C9H13ClN4O2.C4H4ClN3.CH2O3.2CH4O.ClH.Na/c1-33(2,3)41-31(39)38(32(40)42-34(4,5)6)30-17-16-29(35-36-30)25-14-15-27-26(19-25)20-37(7)21-28(27)24-13-12-22-10-8-9-11-23(22)18-24;2*1-28-14-20-13-19(23-10-11-24(25)27-26-23)8-9-21(20)22(15-28)18-7-6-16-4-2-3-5-17(16)12-18;1-9(2,3)16-8(15)14(11)7-5-4-6(10)12-13-7;5-3-1-2-4(6)8-7-3;2-1-4-3;2*1-2;;/h8-19,28H,20-21H2,1-7H3;2*2-13,22H,14-15H2,1H3,(H2,25,27);4-5H,11H2,1-3H3;1-2H,(H2,6,8);1,3H;2*2H,1H3;1H;/q;;;;;;;;;+1/p-1. The zero-order valence-corrected chi connectivity index (χ0v) is 80.7. The number of anilines is 5. The summed E-state index contributed by atoms with van der Waals surface area (Å²) in [7, 11) is 8.51. The summed E-state index contributed by atoms with van der Waals surface area (Å²) in [5.74, 6) is 7.95. The molecule has 0 saturated heterocycles. The molecule has 3 aliphatic rings. The number of aliphatic hydroxyl groups excluding tert-OH is 2. The molecule has 3 amide bonds. The molecule has 3 unspecified atom stereocenters. The molecule has 3 atom stereocenters.